The van der Waals surface area contributed by atoms with Crippen LogP contribution >= 0.6 is 0 Å². The van der Waals surface area contributed by atoms with Crippen molar-refractivity contribution in [3.8, 4) is 0 Å². The third kappa shape index (κ3) is 2.86. The lowest BCUT2D eigenvalue weighted by Crippen LogP contribution is -2.36. The van der Waals surface area contributed by atoms with Crippen LogP contribution in [0.4, 0.5) is 17.2 Å². The average Bonchev–Trinajstić information content (AvgIpc) is 3.10. The zero-order valence-corrected chi connectivity index (χ0v) is 15.1. The van der Waals surface area contributed by atoms with Crippen molar-refractivity contribution in [3.63, 3.8) is 0 Å². The minimum atomic E-state index is 0.595. The first kappa shape index (κ1) is 16.0. The smallest absolute Gasteiger partial charge is 0.257 e. The van der Waals surface area contributed by atoms with Gasteiger partial charge in [0, 0.05) is 29.9 Å². The van der Waals surface area contributed by atoms with E-state index in [1.165, 1.54) is 5.69 Å². The van der Waals surface area contributed by atoms with Crippen molar-refractivity contribution < 1.29 is 4.74 Å². The topological polar surface area (TPSA) is 67.6 Å². The molecule has 0 aliphatic carbocycles. The molecule has 2 aromatic carbocycles. The zero-order valence-electron chi connectivity index (χ0n) is 15.1. The zero-order chi connectivity index (χ0) is 18.2. The van der Waals surface area contributed by atoms with Crippen LogP contribution in [0, 0.1) is 6.92 Å². The molecule has 7 heteroatoms. The maximum absolute atomic E-state index is 5.46. The molecule has 0 amide bonds. The minimum Gasteiger partial charge on any atom is -0.378 e. The lowest BCUT2D eigenvalue weighted by molar-refractivity contribution is 0.122. The summed E-state index contributed by atoms with van der Waals surface area (Å²) in [7, 11) is 0. The Hall–Kier alpha value is -3.19. The van der Waals surface area contributed by atoms with Gasteiger partial charge in [0.1, 0.15) is 11.6 Å². The van der Waals surface area contributed by atoms with E-state index in [1.807, 2.05) is 23.5 Å². The van der Waals surface area contributed by atoms with Crippen molar-refractivity contribution in [2.75, 3.05) is 36.5 Å². The van der Waals surface area contributed by atoms with Crippen LogP contribution in [0.5, 0.6) is 0 Å². The van der Waals surface area contributed by atoms with Crippen LogP contribution in [0.25, 0.3) is 16.7 Å². The maximum atomic E-state index is 5.46. The highest BCUT2D eigenvalue weighted by Crippen LogP contribution is 2.28. The van der Waals surface area contributed by atoms with Gasteiger partial charge in [-0.15, -0.1) is 10.2 Å². The molecule has 7 nitrogen and oxygen atoms in total. The third-order valence-corrected chi connectivity index (χ3v) is 4.90. The molecular weight excluding hydrogens is 340 g/mol. The summed E-state index contributed by atoms with van der Waals surface area (Å²) < 4.78 is 7.43. The first-order valence-electron chi connectivity index (χ1n) is 9.10. The van der Waals surface area contributed by atoms with Gasteiger partial charge in [0.15, 0.2) is 0 Å². The van der Waals surface area contributed by atoms with Crippen molar-refractivity contribution in [2.24, 2.45) is 0 Å². The van der Waals surface area contributed by atoms with Crippen LogP contribution < -0.4 is 10.2 Å². The van der Waals surface area contributed by atoms with Gasteiger partial charge in [-0.2, -0.15) is 4.98 Å². The highest BCUT2D eigenvalue weighted by molar-refractivity contribution is 5.93. The van der Waals surface area contributed by atoms with Crippen molar-refractivity contribution in [1.29, 1.82) is 0 Å². The predicted octanol–water partition coefficient (Wildman–Crippen LogP) is 3.17. The summed E-state index contributed by atoms with van der Waals surface area (Å²) in [4.78, 5) is 7.04. The molecule has 3 heterocycles. The number of ether oxygens (including phenoxy) is 1. The molecule has 2 aromatic heterocycles. The van der Waals surface area contributed by atoms with E-state index in [9.17, 15) is 0 Å². The second-order valence-corrected chi connectivity index (χ2v) is 6.63. The largest absolute Gasteiger partial charge is 0.378 e. The number of nitrogens with one attached hydrogen (secondary N) is 1. The Bertz CT molecular complexity index is 1120. The van der Waals surface area contributed by atoms with Crippen molar-refractivity contribution >= 4 is 33.9 Å². The van der Waals surface area contributed by atoms with E-state index in [-0.39, 0.29) is 0 Å². The monoisotopic (exact) mass is 360 g/mol. The van der Waals surface area contributed by atoms with Crippen molar-refractivity contribution in [1.82, 2.24) is 19.6 Å². The number of fused-ring (bicyclic) bond motifs is 3. The molecule has 0 radical (unpaired) electrons. The molecule has 1 saturated heterocycles. The molecule has 136 valence electrons. The minimum absolute atomic E-state index is 0.595. The number of aromatic nitrogens is 4. The van der Waals surface area contributed by atoms with Gasteiger partial charge in [0.25, 0.3) is 5.78 Å². The molecule has 1 aliphatic heterocycles. The Morgan fingerprint density at radius 3 is 2.74 bits per heavy atom. The summed E-state index contributed by atoms with van der Waals surface area (Å²) in [5.41, 5.74) is 3.22. The van der Waals surface area contributed by atoms with Crippen LogP contribution in [0.1, 0.15) is 5.82 Å². The first-order chi connectivity index (χ1) is 13.3. The molecule has 1 N–H and O–H groups in total. The van der Waals surface area contributed by atoms with Gasteiger partial charge in [0.05, 0.1) is 18.7 Å². The Kier molecular flexibility index (Phi) is 3.86. The number of anilines is 3. The molecule has 0 atom stereocenters. The van der Waals surface area contributed by atoms with E-state index >= 15 is 0 Å². The first-order valence-corrected chi connectivity index (χ1v) is 9.10. The number of nitrogens with zero attached hydrogens (tertiary/aromatic N) is 5. The van der Waals surface area contributed by atoms with Crippen molar-refractivity contribution in [2.45, 2.75) is 6.92 Å². The molecule has 5 rings (SSSR count). The van der Waals surface area contributed by atoms with E-state index < -0.39 is 0 Å². The fourth-order valence-electron chi connectivity index (χ4n) is 3.57. The van der Waals surface area contributed by atoms with Gasteiger partial charge >= 0.3 is 0 Å². The normalized spacial score (nSPS) is 14.8. The SMILES string of the molecule is Cc1nnc2nc(Nc3cccc(N4CCOCC4)c3)c3ccccc3n12. The summed E-state index contributed by atoms with van der Waals surface area (Å²) in [5.74, 6) is 2.21. The van der Waals surface area contributed by atoms with Crippen LogP contribution in [-0.2, 0) is 4.74 Å². The van der Waals surface area contributed by atoms with Gasteiger partial charge in [-0.05, 0) is 37.3 Å². The predicted molar refractivity (Wildman–Crippen MR) is 106 cm³/mol. The molecule has 27 heavy (non-hydrogen) atoms. The Balaban J connectivity index is 1.56. The molecule has 1 fully saturated rings. The quantitative estimate of drug-likeness (QED) is 0.605. The lowest BCUT2D eigenvalue weighted by Gasteiger charge is -2.29. The van der Waals surface area contributed by atoms with Gasteiger partial charge in [-0.25, -0.2) is 0 Å². The number of hydrogen-bond acceptors (Lipinski definition) is 6. The lowest BCUT2D eigenvalue weighted by atomic mass is 10.2. The molecule has 0 saturated carbocycles. The molecular formula is C20H20N6O. The average molecular weight is 360 g/mol. The Labute approximate surface area is 156 Å². The van der Waals surface area contributed by atoms with Crippen LogP contribution in [0.2, 0.25) is 0 Å². The maximum Gasteiger partial charge on any atom is 0.257 e. The fourth-order valence-corrected chi connectivity index (χ4v) is 3.57. The number of rotatable bonds is 3. The van der Waals surface area contributed by atoms with E-state index in [0.717, 1.165) is 54.5 Å². The highest BCUT2D eigenvalue weighted by Gasteiger charge is 2.14. The summed E-state index contributed by atoms with van der Waals surface area (Å²) in [6.07, 6.45) is 0. The van der Waals surface area contributed by atoms with Gasteiger partial charge in [-0.3, -0.25) is 4.40 Å². The van der Waals surface area contributed by atoms with E-state index in [4.69, 9.17) is 9.72 Å². The summed E-state index contributed by atoms with van der Waals surface area (Å²) in [5, 5.41) is 12.9. The molecule has 0 spiro atoms. The number of hydrogen-bond donors (Lipinski definition) is 1. The van der Waals surface area contributed by atoms with Gasteiger partial charge in [-0.1, -0.05) is 18.2 Å². The van der Waals surface area contributed by atoms with Crippen LogP contribution in [-0.4, -0.2) is 45.9 Å². The standard InChI is InChI=1S/C20H20N6O/c1-14-23-24-20-22-19(17-7-2-3-8-18(17)26(14)20)21-15-5-4-6-16(13-15)25-9-11-27-12-10-25/h2-8,13H,9-12H2,1H3,(H,21,22,24). The highest BCUT2D eigenvalue weighted by atomic mass is 16.5. The number of benzene rings is 2. The molecule has 0 bridgehead atoms. The van der Waals surface area contributed by atoms with Crippen molar-refractivity contribution in [3.05, 3.63) is 54.4 Å². The summed E-state index contributed by atoms with van der Waals surface area (Å²) in [6, 6.07) is 16.6. The van der Waals surface area contributed by atoms with Gasteiger partial charge in [0.2, 0.25) is 0 Å². The van der Waals surface area contributed by atoms with E-state index in [2.05, 4.69) is 56.8 Å². The Morgan fingerprint density at radius 2 is 1.85 bits per heavy atom. The summed E-state index contributed by atoms with van der Waals surface area (Å²) in [6.45, 7) is 5.30. The molecule has 4 aromatic rings. The summed E-state index contributed by atoms with van der Waals surface area (Å²) >= 11 is 0. The second-order valence-electron chi connectivity index (χ2n) is 6.63. The molecule has 1 aliphatic rings. The number of aryl methyl sites for hydroxylation is 1. The van der Waals surface area contributed by atoms with Gasteiger partial charge < -0.3 is 15.0 Å². The third-order valence-electron chi connectivity index (χ3n) is 4.90. The fraction of sp³-hybridized carbons (Fsp3) is 0.250. The van der Waals surface area contributed by atoms with E-state index in [0.29, 0.717) is 5.78 Å². The number of morpholine rings is 1. The second kappa shape index (κ2) is 6.51. The van der Waals surface area contributed by atoms with E-state index in [1.54, 1.807) is 0 Å². The Morgan fingerprint density at radius 1 is 1.00 bits per heavy atom. The van der Waals surface area contributed by atoms with Crippen LogP contribution in [0.15, 0.2) is 48.5 Å². The van der Waals surface area contributed by atoms with Crippen LogP contribution in [0.3, 0.4) is 0 Å². The number of para-hydroxylation sites is 1. The molecule has 0 unspecified atom stereocenters.